The zero-order valence-electron chi connectivity index (χ0n) is 19.5. The summed E-state index contributed by atoms with van der Waals surface area (Å²) in [6.45, 7) is 9.29. The van der Waals surface area contributed by atoms with Gasteiger partial charge in [0.1, 0.15) is 0 Å². The van der Waals surface area contributed by atoms with Crippen molar-refractivity contribution >= 4 is 17.7 Å². The highest BCUT2D eigenvalue weighted by Gasteiger charge is 2.69. The van der Waals surface area contributed by atoms with Crippen molar-refractivity contribution in [2.75, 3.05) is 13.2 Å². The number of ketones is 1. The summed E-state index contributed by atoms with van der Waals surface area (Å²) in [6, 6.07) is -0.357. The van der Waals surface area contributed by atoms with Crippen LogP contribution < -0.4 is 0 Å². The zero-order valence-corrected chi connectivity index (χ0v) is 19.5. The molecule has 3 rings (SSSR count). The van der Waals surface area contributed by atoms with Gasteiger partial charge >= 0.3 is 5.97 Å². The van der Waals surface area contributed by atoms with Crippen molar-refractivity contribution in [2.24, 2.45) is 29.1 Å². The van der Waals surface area contributed by atoms with E-state index in [9.17, 15) is 14.4 Å². The van der Waals surface area contributed by atoms with Crippen LogP contribution in [0.25, 0.3) is 0 Å². The van der Waals surface area contributed by atoms with Gasteiger partial charge in [-0.2, -0.15) is 0 Å². The van der Waals surface area contributed by atoms with Crippen LogP contribution in [0.5, 0.6) is 0 Å². The van der Waals surface area contributed by atoms with Gasteiger partial charge in [-0.15, -0.1) is 0 Å². The van der Waals surface area contributed by atoms with Crippen molar-refractivity contribution in [3.05, 3.63) is 0 Å². The number of amides is 1. The highest BCUT2D eigenvalue weighted by Crippen LogP contribution is 2.65. The van der Waals surface area contributed by atoms with Gasteiger partial charge in [-0.25, -0.2) is 0 Å². The number of rotatable bonds is 2. The maximum absolute atomic E-state index is 13.5. The van der Waals surface area contributed by atoms with Crippen LogP contribution in [-0.2, 0) is 19.1 Å². The first kappa shape index (κ1) is 23.3. The fourth-order valence-electron chi connectivity index (χ4n) is 5.94. The molecule has 0 radical (unpaired) electrons. The molecule has 1 amide bonds. The Morgan fingerprint density at radius 3 is 2.27 bits per heavy atom. The molecule has 5 nitrogen and oxygen atoms in total. The molecule has 2 aliphatic heterocycles. The molecule has 3 fully saturated rings. The lowest BCUT2D eigenvalue weighted by Crippen LogP contribution is -2.48. The number of piperidine rings is 1. The van der Waals surface area contributed by atoms with Gasteiger partial charge in [-0.3, -0.25) is 14.4 Å². The minimum absolute atomic E-state index is 0.0327. The average Bonchev–Trinajstić information content (AvgIpc) is 3.04. The first-order valence-corrected chi connectivity index (χ1v) is 12.3. The van der Waals surface area contributed by atoms with Gasteiger partial charge in [-0.1, -0.05) is 65.7 Å². The molecule has 5 atom stereocenters. The van der Waals surface area contributed by atoms with Gasteiger partial charge in [0.05, 0.1) is 18.6 Å². The van der Waals surface area contributed by atoms with Crippen LogP contribution in [0.4, 0.5) is 0 Å². The third kappa shape index (κ3) is 4.91. The first-order valence-electron chi connectivity index (χ1n) is 12.3. The summed E-state index contributed by atoms with van der Waals surface area (Å²) in [4.78, 5) is 41.2. The number of nitrogens with zero attached hydrogens (tertiary/aromatic N) is 1. The van der Waals surface area contributed by atoms with Crippen LogP contribution in [0.15, 0.2) is 0 Å². The maximum atomic E-state index is 13.5. The van der Waals surface area contributed by atoms with Gasteiger partial charge < -0.3 is 9.64 Å². The van der Waals surface area contributed by atoms with Crippen LogP contribution >= 0.6 is 0 Å². The van der Waals surface area contributed by atoms with E-state index in [2.05, 4.69) is 13.8 Å². The van der Waals surface area contributed by atoms with E-state index in [-0.39, 0.29) is 53.3 Å². The second-order valence-electron chi connectivity index (χ2n) is 10.5. The summed E-state index contributed by atoms with van der Waals surface area (Å²) in [5.41, 5.74) is 0.112. The summed E-state index contributed by atoms with van der Waals surface area (Å²) < 4.78 is 5.29. The van der Waals surface area contributed by atoms with Crippen LogP contribution in [0.2, 0.25) is 0 Å². The SMILES string of the molecule is CCOC(=O)[C@@H]1CCCCCCCCC[C@H](C)C(=O)N2C[C@H]3[C@@H]([C@H]2C(=O)C1)C3(C)C. The Balaban J connectivity index is 1.79. The molecule has 0 N–H and O–H groups in total. The Morgan fingerprint density at radius 1 is 1.03 bits per heavy atom. The number of esters is 1. The van der Waals surface area contributed by atoms with E-state index in [1.165, 1.54) is 25.7 Å². The Hall–Kier alpha value is -1.39. The van der Waals surface area contributed by atoms with Gasteiger partial charge in [0.2, 0.25) is 5.91 Å². The predicted molar refractivity (Wildman–Crippen MR) is 117 cm³/mol. The minimum atomic E-state index is -0.374. The van der Waals surface area contributed by atoms with Gasteiger partial charge in [-0.05, 0) is 37.0 Å². The zero-order chi connectivity index (χ0) is 21.9. The summed E-state index contributed by atoms with van der Waals surface area (Å²) >= 11 is 0. The van der Waals surface area contributed by atoms with Crippen LogP contribution in [0, 0.1) is 29.1 Å². The second-order valence-corrected chi connectivity index (χ2v) is 10.5. The minimum Gasteiger partial charge on any atom is -0.466 e. The van der Waals surface area contributed by atoms with Crippen molar-refractivity contribution in [3.63, 3.8) is 0 Å². The van der Waals surface area contributed by atoms with Crippen LogP contribution in [-0.4, -0.2) is 41.8 Å². The molecule has 170 valence electrons. The molecule has 2 heterocycles. The summed E-state index contributed by atoms with van der Waals surface area (Å²) in [6.07, 6.45) is 9.73. The van der Waals surface area contributed by atoms with Gasteiger partial charge in [0.15, 0.2) is 5.78 Å². The van der Waals surface area contributed by atoms with E-state index < -0.39 is 0 Å². The Labute approximate surface area is 182 Å². The largest absolute Gasteiger partial charge is 0.466 e. The van der Waals surface area contributed by atoms with Crippen molar-refractivity contribution in [3.8, 4) is 0 Å². The van der Waals surface area contributed by atoms with Crippen LogP contribution in [0.1, 0.15) is 91.9 Å². The van der Waals surface area contributed by atoms with E-state index in [0.717, 1.165) is 25.7 Å². The second kappa shape index (κ2) is 9.82. The van der Waals surface area contributed by atoms with Crippen molar-refractivity contribution < 1.29 is 19.1 Å². The van der Waals surface area contributed by atoms with Crippen molar-refractivity contribution in [2.45, 2.75) is 97.9 Å². The standard InChI is InChI=1S/C25H41NO4/c1-5-30-24(29)18-14-12-10-8-6-7-9-11-13-17(2)23(28)26-16-19-21(25(19,3)4)22(26)20(27)15-18/h17-19,21-22H,5-16H2,1-4H3/t17-,18+,19-,21-,22+/m0/s1. The number of fused-ring (bicyclic) bond motifs is 3. The van der Waals surface area contributed by atoms with Crippen molar-refractivity contribution in [1.29, 1.82) is 0 Å². The highest BCUT2D eigenvalue weighted by atomic mass is 16.5. The number of carbonyl (C=O) groups excluding carboxylic acids is 3. The molecule has 0 bridgehead atoms. The smallest absolute Gasteiger partial charge is 0.309 e. The molecular weight excluding hydrogens is 378 g/mol. The summed E-state index contributed by atoms with van der Waals surface area (Å²) in [7, 11) is 0. The highest BCUT2D eigenvalue weighted by molar-refractivity contribution is 5.93. The fraction of sp³-hybridized carbons (Fsp3) is 0.880. The lowest BCUT2D eigenvalue weighted by molar-refractivity contribution is -0.151. The molecule has 0 spiro atoms. The third-order valence-electron chi connectivity index (χ3n) is 8.00. The fourth-order valence-corrected chi connectivity index (χ4v) is 5.94. The van der Waals surface area contributed by atoms with Gasteiger partial charge in [0.25, 0.3) is 0 Å². The normalized spacial score (nSPS) is 35.5. The average molecular weight is 420 g/mol. The molecule has 0 aromatic heterocycles. The first-order chi connectivity index (χ1) is 14.3. The molecule has 1 saturated carbocycles. The topological polar surface area (TPSA) is 63.7 Å². The number of Topliss-reactive ketones (excluding diaryl/α,β-unsaturated/α-hetero) is 1. The molecule has 2 saturated heterocycles. The molecular formula is C25H41NO4. The number of hydrogen-bond acceptors (Lipinski definition) is 4. The Bertz CT molecular complexity index is 643. The number of carbonyl (C=O) groups is 3. The molecule has 1 aliphatic carbocycles. The van der Waals surface area contributed by atoms with Crippen molar-refractivity contribution in [1.82, 2.24) is 4.90 Å². The summed E-state index contributed by atoms with van der Waals surface area (Å²) in [5, 5.41) is 0. The molecule has 0 aromatic carbocycles. The maximum Gasteiger partial charge on any atom is 0.309 e. The number of hydrogen-bond donors (Lipinski definition) is 0. The van der Waals surface area contributed by atoms with E-state index in [4.69, 9.17) is 4.74 Å². The Kier molecular flexibility index (Phi) is 7.62. The third-order valence-corrected chi connectivity index (χ3v) is 8.00. The Morgan fingerprint density at radius 2 is 1.63 bits per heavy atom. The monoisotopic (exact) mass is 419 g/mol. The van der Waals surface area contributed by atoms with E-state index in [1.807, 2.05) is 18.7 Å². The summed E-state index contributed by atoms with van der Waals surface area (Å²) in [5.74, 6) is 0.196. The lowest BCUT2D eigenvalue weighted by Gasteiger charge is -2.32. The predicted octanol–water partition coefficient (Wildman–Crippen LogP) is 4.77. The molecule has 0 aromatic rings. The lowest BCUT2D eigenvalue weighted by atomic mass is 9.88. The van der Waals surface area contributed by atoms with E-state index in [1.54, 1.807) is 0 Å². The van der Waals surface area contributed by atoms with Gasteiger partial charge in [0, 0.05) is 18.9 Å². The van der Waals surface area contributed by atoms with E-state index in [0.29, 0.717) is 25.5 Å². The van der Waals surface area contributed by atoms with Crippen LogP contribution in [0.3, 0.4) is 0 Å². The molecule has 5 heteroatoms. The molecule has 3 aliphatic rings. The quantitative estimate of drug-likeness (QED) is 0.605. The molecule has 0 unspecified atom stereocenters. The number of ether oxygens (including phenoxy) is 1. The molecule has 30 heavy (non-hydrogen) atoms. The van der Waals surface area contributed by atoms with E-state index >= 15 is 0 Å².